The van der Waals surface area contributed by atoms with E-state index in [-0.39, 0.29) is 12.0 Å². The van der Waals surface area contributed by atoms with E-state index in [4.69, 9.17) is 4.74 Å². The molecule has 104 valence electrons. The summed E-state index contributed by atoms with van der Waals surface area (Å²) in [5.74, 6) is -0.224. The number of aryl methyl sites for hydroxylation is 1. The van der Waals surface area contributed by atoms with Crippen molar-refractivity contribution in [3.05, 3.63) is 65.7 Å². The van der Waals surface area contributed by atoms with Gasteiger partial charge in [0, 0.05) is 5.69 Å². The molecule has 0 unspecified atom stereocenters. The highest BCUT2D eigenvalue weighted by molar-refractivity contribution is 5.71. The third-order valence-electron chi connectivity index (χ3n) is 3.19. The lowest BCUT2D eigenvalue weighted by atomic mass is 10.0. The Labute approximate surface area is 119 Å². The summed E-state index contributed by atoms with van der Waals surface area (Å²) >= 11 is 0. The van der Waals surface area contributed by atoms with E-state index in [1.165, 1.54) is 12.7 Å². The first-order valence-electron chi connectivity index (χ1n) is 6.64. The van der Waals surface area contributed by atoms with Gasteiger partial charge in [-0.25, -0.2) is 0 Å². The number of nitrogens with one attached hydrogen (secondary N) is 1. The lowest BCUT2D eigenvalue weighted by molar-refractivity contribution is -0.140. The molecular formula is C17H19NO2. The SMILES string of the molecule is COC(=O)C[C@@H](Nc1ccc(C)cc1)c1ccccc1. The van der Waals surface area contributed by atoms with Gasteiger partial charge in [-0.1, -0.05) is 48.0 Å². The summed E-state index contributed by atoms with van der Waals surface area (Å²) < 4.78 is 4.78. The van der Waals surface area contributed by atoms with Crippen LogP contribution in [0.15, 0.2) is 54.6 Å². The van der Waals surface area contributed by atoms with E-state index >= 15 is 0 Å². The molecule has 0 radical (unpaired) electrons. The maximum atomic E-state index is 11.6. The number of ether oxygens (including phenoxy) is 1. The zero-order chi connectivity index (χ0) is 14.4. The Kier molecular flexibility index (Phi) is 4.77. The molecule has 2 rings (SSSR count). The number of rotatable bonds is 5. The average molecular weight is 269 g/mol. The highest BCUT2D eigenvalue weighted by atomic mass is 16.5. The van der Waals surface area contributed by atoms with Gasteiger partial charge in [-0.05, 0) is 24.6 Å². The predicted molar refractivity (Wildman–Crippen MR) is 80.6 cm³/mol. The summed E-state index contributed by atoms with van der Waals surface area (Å²) in [4.78, 5) is 11.6. The van der Waals surface area contributed by atoms with Crippen LogP contribution in [0.1, 0.15) is 23.6 Å². The third kappa shape index (κ3) is 3.85. The standard InChI is InChI=1S/C17H19NO2/c1-13-8-10-15(11-9-13)18-16(12-17(19)20-2)14-6-4-3-5-7-14/h3-11,16,18H,12H2,1-2H3/t16-/m1/s1. The summed E-state index contributed by atoms with van der Waals surface area (Å²) in [7, 11) is 1.41. The minimum atomic E-state index is -0.224. The Morgan fingerprint density at radius 3 is 2.35 bits per heavy atom. The van der Waals surface area contributed by atoms with E-state index in [9.17, 15) is 4.79 Å². The van der Waals surface area contributed by atoms with Crippen molar-refractivity contribution in [3.8, 4) is 0 Å². The molecule has 1 atom stereocenters. The van der Waals surface area contributed by atoms with Crippen molar-refractivity contribution >= 4 is 11.7 Å². The topological polar surface area (TPSA) is 38.3 Å². The zero-order valence-electron chi connectivity index (χ0n) is 11.8. The molecule has 0 saturated carbocycles. The molecule has 0 spiro atoms. The molecule has 0 aromatic heterocycles. The summed E-state index contributed by atoms with van der Waals surface area (Å²) in [5, 5.41) is 3.39. The number of methoxy groups -OCH3 is 1. The first-order valence-corrected chi connectivity index (χ1v) is 6.64. The van der Waals surface area contributed by atoms with Gasteiger partial charge in [-0.3, -0.25) is 4.79 Å². The minimum Gasteiger partial charge on any atom is -0.469 e. The number of hydrogen-bond donors (Lipinski definition) is 1. The van der Waals surface area contributed by atoms with Crippen LogP contribution < -0.4 is 5.32 Å². The molecule has 0 fully saturated rings. The van der Waals surface area contributed by atoms with Crippen molar-refractivity contribution in [1.82, 2.24) is 0 Å². The number of hydrogen-bond acceptors (Lipinski definition) is 3. The van der Waals surface area contributed by atoms with Crippen LogP contribution in [0.3, 0.4) is 0 Å². The third-order valence-corrected chi connectivity index (χ3v) is 3.19. The number of esters is 1. The van der Waals surface area contributed by atoms with E-state index in [2.05, 4.69) is 5.32 Å². The van der Waals surface area contributed by atoms with E-state index < -0.39 is 0 Å². The number of carbonyl (C=O) groups is 1. The number of anilines is 1. The van der Waals surface area contributed by atoms with Crippen LogP contribution in [0.2, 0.25) is 0 Å². The smallest absolute Gasteiger partial charge is 0.307 e. The Balaban J connectivity index is 2.18. The molecule has 2 aromatic carbocycles. The fourth-order valence-electron chi connectivity index (χ4n) is 2.04. The van der Waals surface area contributed by atoms with Gasteiger partial charge >= 0.3 is 5.97 Å². The molecule has 20 heavy (non-hydrogen) atoms. The monoisotopic (exact) mass is 269 g/mol. The Hall–Kier alpha value is -2.29. The predicted octanol–water partition coefficient (Wildman–Crippen LogP) is 3.71. The van der Waals surface area contributed by atoms with Gasteiger partial charge < -0.3 is 10.1 Å². The van der Waals surface area contributed by atoms with Crippen molar-refractivity contribution in [1.29, 1.82) is 0 Å². The highest BCUT2D eigenvalue weighted by Gasteiger charge is 2.16. The van der Waals surface area contributed by atoms with Crippen molar-refractivity contribution in [2.75, 3.05) is 12.4 Å². The van der Waals surface area contributed by atoms with Gasteiger partial charge in [0.2, 0.25) is 0 Å². The number of benzene rings is 2. The van der Waals surface area contributed by atoms with Crippen molar-refractivity contribution in [3.63, 3.8) is 0 Å². The molecule has 0 bridgehead atoms. The van der Waals surface area contributed by atoms with Crippen LogP contribution in [-0.2, 0) is 9.53 Å². The van der Waals surface area contributed by atoms with Crippen molar-refractivity contribution in [2.45, 2.75) is 19.4 Å². The molecule has 0 aliphatic rings. The lowest BCUT2D eigenvalue weighted by Gasteiger charge is -2.19. The number of carbonyl (C=O) groups excluding carboxylic acids is 1. The minimum absolute atomic E-state index is 0.0913. The van der Waals surface area contributed by atoms with Crippen molar-refractivity contribution in [2.24, 2.45) is 0 Å². The molecule has 2 aromatic rings. The van der Waals surface area contributed by atoms with Gasteiger partial charge in [0.1, 0.15) is 0 Å². The normalized spacial score (nSPS) is 11.7. The van der Waals surface area contributed by atoms with Crippen LogP contribution in [0.25, 0.3) is 0 Å². The van der Waals surface area contributed by atoms with Crippen LogP contribution in [-0.4, -0.2) is 13.1 Å². The molecule has 3 heteroatoms. The summed E-state index contributed by atoms with van der Waals surface area (Å²) in [6.45, 7) is 2.05. The quantitative estimate of drug-likeness (QED) is 0.841. The Bertz CT molecular complexity index is 549. The average Bonchev–Trinajstić information content (AvgIpc) is 2.49. The molecule has 0 saturated heterocycles. The van der Waals surface area contributed by atoms with E-state index in [0.29, 0.717) is 6.42 Å². The van der Waals surface area contributed by atoms with E-state index in [0.717, 1.165) is 11.3 Å². The van der Waals surface area contributed by atoms with Gasteiger partial charge in [-0.15, -0.1) is 0 Å². The lowest BCUT2D eigenvalue weighted by Crippen LogP contribution is -2.16. The molecule has 0 heterocycles. The van der Waals surface area contributed by atoms with Gasteiger partial charge in [0.05, 0.1) is 19.6 Å². The first-order chi connectivity index (χ1) is 9.69. The van der Waals surface area contributed by atoms with Crippen LogP contribution in [0.5, 0.6) is 0 Å². The summed E-state index contributed by atoms with van der Waals surface area (Å²) in [6, 6.07) is 17.9. The van der Waals surface area contributed by atoms with Gasteiger partial charge in [-0.2, -0.15) is 0 Å². The van der Waals surface area contributed by atoms with Crippen LogP contribution in [0.4, 0.5) is 5.69 Å². The Morgan fingerprint density at radius 2 is 1.75 bits per heavy atom. The maximum Gasteiger partial charge on any atom is 0.307 e. The molecule has 0 amide bonds. The first kappa shape index (κ1) is 14.1. The Morgan fingerprint density at radius 1 is 1.10 bits per heavy atom. The van der Waals surface area contributed by atoms with Gasteiger partial charge in [0.25, 0.3) is 0 Å². The fourth-order valence-corrected chi connectivity index (χ4v) is 2.04. The second kappa shape index (κ2) is 6.75. The fraction of sp³-hybridized carbons (Fsp3) is 0.235. The van der Waals surface area contributed by atoms with Crippen molar-refractivity contribution < 1.29 is 9.53 Å². The summed E-state index contributed by atoms with van der Waals surface area (Å²) in [5.41, 5.74) is 3.27. The molecule has 3 nitrogen and oxygen atoms in total. The molecule has 0 aliphatic carbocycles. The van der Waals surface area contributed by atoms with Gasteiger partial charge in [0.15, 0.2) is 0 Å². The maximum absolute atomic E-state index is 11.6. The van der Waals surface area contributed by atoms with Crippen LogP contribution in [0, 0.1) is 6.92 Å². The second-order valence-corrected chi connectivity index (χ2v) is 4.75. The summed E-state index contributed by atoms with van der Waals surface area (Å²) in [6.07, 6.45) is 0.300. The second-order valence-electron chi connectivity index (χ2n) is 4.75. The molecule has 0 aliphatic heterocycles. The largest absolute Gasteiger partial charge is 0.469 e. The van der Waals surface area contributed by atoms with Crippen LogP contribution >= 0.6 is 0 Å². The molecule has 1 N–H and O–H groups in total. The molecular weight excluding hydrogens is 250 g/mol. The highest BCUT2D eigenvalue weighted by Crippen LogP contribution is 2.23. The van der Waals surface area contributed by atoms with E-state index in [1.54, 1.807) is 0 Å². The van der Waals surface area contributed by atoms with E-state index in [1.807, 2.05) is 61.5 Å². The zero-order valence-corrected chi connectivity index (χ0v) is 11.8.